The van der Waals surface area contributed by atoms with Crippen molar-refractivity contribution in [2.45, 2.75) is 31.4 Å². The number of benzene rings is 1. The first-order chi connectivity index (χ1) is 7.37. The molecule has 1 aliphatic rings. The lowest BCUT2D eigenvalue weighted by molar-refractivity contribution is -0.137. The highest BCUT2D eigenvalue weighted by Crippen LogP contribution is 2.40. The molecule has 1 aromatic rings. The Bertz CT molecular complexity index is 436. The fraction of sp³-hybridized carbons (Fsp3) is 0.417. The van der Waals surface area contributed by atoms with E-state index >= 15 is 0 Å². The van der Waals surface area contributed by atoms with E-state index in [4.69, 9.17) is 0 Å². The number of aldehydes is 1. The molecule has 1 aromatic carbocycles. The van der Waals surface area contributed by atoms with Crippen LogP contribution in [0.1, 0.15) is 30.0 Å². The molecule has 4 heteroatoms. The van der Waals surface area contributed by atoms with Crippen molar-refractivity contribution in [3.63, 3.8) is 0 Å². The largest absolute Gasteiger partial charge is 0.416 e. The molecule has 1 atom stereocenters. The van der Waals surface area contributed by atoms with Crippen LogP contribution >= 0.6 is 0 Å². The third kappa shape index (κ3) is 1.62. The van der Waals surface area contributed by atoms with Crippen LogP contribution in [-0.4, -0.2) is 6.29 Å². The van der Waals surface area contributed by atoms with Gasteiger partial charge in [0.25, 0.3) is 0 Å². The predicted molar refractivity (Wildman–Crippen MR) is 53.2 cm³/mol. The summed E-state index contributed by atoms with van der Waals surface area (Å²) in [5.41, 5.74) is 0.126. The summed E-state index contributed by atoms with van der Waals surface area (Å²) in [6.45, 7) is 1.76. The lowest BCUT2D eigenvalue weighted by Gasteiger charge is -2.17. The molecule has 16 heavy (non-hydrogen) atoms. The van der Waals surface area contributed by atoms with Crippen LogP contribution < -0.4 is 0 Å². The van der Waals surface area contributed by atoms with E-state index in [0.29, 0.717) is 18.4 Å². The second kappa shape index (κ2) is 3.34. The number of halogens is 3. The Balaban J connectivity index is 2.48. The highest BCUT2D eigenvalue weighted by molar-refractivity contribution is 5.71. The fourth-order valence-corrected chi connectivity index (χ4v) is 2.19. The van der Waals surface area contributed by atoms with Crippen molar-refractivity contribution < 1.29 is 18.0 Å². The summed E-state index contributed by atoms with van der Waals surface area (Å²) in [6, 6.07) is 3.63. The third-order valence-corrected chi connectivity index (χ3v) is 3.22. The molecule has 0 saturated heterocycles. The number of fused-ring (bicyclic) bond motifs is 1. The van der Waals surface area contributed by atoms with Crippen LogP contribution in [0, 0.1) is 0 Å². The van der Waals surface area contributed by atoms with Gasteiger partial charge in [-0.25, -0.2) is 0 Å². The minimum Gasteiger partial charge on any atom is -0.302 e. The van der Waals surface area contributed by atoms with Crippen molar-refractivity contribution in [2.24, 2.45) is 0 Å². The van der Waals surface area contributed by atoms with Crippen molar-refractivity contribution in [3.8, 4) is 0 Å². The van der Waals surface area contributed by atoms with Gasteiger partial charge >= 0.3 is 6.18 Å². The Labute approximate surface area is 91.3 Å². The topological polar surface area (TPSA) is 17.1 Å². The van der Waals surface area contributed by atoms with Gasteiger partial charge in [-0.15, -0.1) is 0 Å². The summed E-state index contributed by atoms with van der Waals surface area (Å²) in [6.07, 6.45) is -2.36. The van der Waals surface area contributed by atoms with Crippen LogP contribution in [0.2, 0.25) is 0 Å². The average Bonchev–Trinajstić information content (AvgIpc) is 2.56. The Hall–Kier alpha value is -1.32. The molecular formula is C12H11F3O. The summed E-state index contributed by atoms with van der Waals surface area (Å²) >= 11 is 0. The van der Waals surface area contributed by atoms with Gasteiger partial charge in [0.15, 0.2) is 0 Å². The molecule has 1 aliphatic carbocycles. The van der Waals surface area contributed by atoms with Gasteiger partial charge in [0, 0.05) is 5.41 Å². The molecule has 86 valence electrons. The molecule has 0 fully saturated rings. The van der Waals surface area contributed by atoms with E-state index in [1.165, 1.54) is 6.07 Å². The summed E-state index contributed by atoms with van der Waals surface area (Å²) in [4.78, 5) is 11.0. The molecule has 0 saturated carbocycles. The summed E-state index contributed by atoms with van der Waals surface area (Å²) in [5.74, 6) is 0. The van der Waals surface area contributed by atoms with E-state index in [-0.39, 0.29) is 0 Å². The molecule has 0 amide bonds. The highest BCUT2D eigenvalue weighted by Gasteiger charge is 2.37. The average molecular weight is 228 g/mol. The number of carbonyl (C=O) groups is 1. The van der Waals surface area contributed by atoms with Crippen molar-refractivity contribution >= 4 is 6.29 Å². The molecule has 2 rings (SSSR count). The second-order valence-corrected chi connectivity index (χ2v) is 4.41. The Morgan fingerprint density at radius 1 is 1.38 bits per heavy atom. The molecular weight excluding hydrogens is 217 g/mol. The molecule has 0 spiro atoms. The Morgan fingerprint density at radius 2 is 2.06 bits per heavy atom. The van der Waals surface area contributed by atoms with Crippen LogP contribution in [0.4, 0.5) is 13.2 Å². The van der Waals surface area contributed by atoms with E-state index in [1.54, 1.807) is 6.92 Å². The van der Waals surface area contributed by atoms with E-state index < -0.39 is 17.2 Å². The molecule has 1 nitrogen and oxygen atoms in total. The van der Waals surface area contributed by atoms with Crippen LogP contribution in [0.25, 0.3) is 0 Å². The smallest absolute Gasteiger partial charge is 0.302 e. The monoisotopic (exact) mass is 228 g/mol. The minimum atomic E-state index is -4.31. The maximum atomic E-state index is 12.5. The minimum absolute atomic E-state index is 0.536. The van der Waals surface area contributed by atoms with E-state index in [2.05, 4.69) is 0 Å². The normalized spacial score (nSPS) is 24.2. The van der Waals surface area contributed by atoms with E-state index in [0.717, 1.165) is 24.0 Å². The van der Waals surface area contributed by atoms with Crippen molar-refractivity contribution in [1.29, 1.82) is 0 Å². The molecule has 0 N–H and O–H groups in total. The Kier molecular flexibility index (Phi) is 2.33. The number of hydrogen-bond donors (Lipinski definition) is 0. The van der Waals surface area contributed by atoms with Crippen molar-refractivity contribution in [1.82, 2.24) is 0 Å². The quantitative estimate of drug-likeness (QED) is 0.675. The molecule has 0 unspecified atom stereocenters. The number of carbonyl (C=O) groups excluding carboxylic acids is 1. The molecule has 0 aliphatic heterocycles. The number of hydrogen-bond acceptors (Lipinski definition) is 1. The zero-order chi connectivity index (χ0) is 12.0. The first-order valence-corrected chi connectivity index (χ1v) is 5.04. The fourth-order valence-electron chi connectivity index (χ4n) is 2.19. The first-order valence-electron chi connectivity index (χ1n) is 5.04. The summed E-state index contributed by atoms with van der Waals surface area (Å²) in [7, 11) is 0. The van der Waals surface area contributed by atoms with Crippen molar-refractivity contribution in [2.75, 3.05) is 0 Å². The van der Waals surface area contributed by atoms with Gasteiger partial charge < -0.3 is 4.79 Å². The maximum absolute atomic E-state index is 12.5. The number of alkyl halides is 3. The van der Waals surface area contributed by atoms with E-state index in [9.17, 15) is 18.0 Å². The molecule has 0 bridgehead atoms. The zero-order valence-electron chi connectivity index (χ0n) is 8.77. The van der Waals surface area contributed by atoms with Gasteiger partial charge in [-0.05, 0) is 43.0 Å². The summed E-state index contributed by atoms with van der Waals surface area (Å²) in [5, 5.41) is 0. The van der Waals surface area contributed by atoms with Gasteiger partial charge in [0.2, 0.25) is 0 Å². The maximum Gasteiger partial charge on any atom is 0.416 e. The zero-order valence-corrected chi connectivity index (χ0v) is 8.77. The summed E-state index contributed by atoms with van der Waals surface area (Å²) < 4.78 is 37.4. The SMILES string of the molecule is C[C@]1(C=O)CCc2cc(C(F)(F)F)ccc21. The van der Waals surface area contributed by atoms with Crippen LogP contribution in [-0.2, 0) is 22.8 Å². The second-order valence-electron chi connectivity index (χ2n) is 4.41. The Morgan fingerprint density at radius 3 is 2.62 bits per heavy atom. The van der Waals surface area contributed by atoms with Gasteiger partial charge in [-0.1, -0.05) is 6.07 Å². The van der Waals surface area contributed by atoms with Gasteiger partial charge in [0.1, 0.15) is 6.29 Å². The molecule has 0 radical (unpaired) electrons. The first kappa shape index (κ1) is 11.2. The van der Waals surface area contributed by atoms with Crippen LogP contribution in [0.3, 0.4) is 0 Å². The third-order valence-electron chi connectivity index (χ3n) is 3.22. The standard InChI is InChI=1S/C12H11F3O/c1-11(7-16)5-4-8-6-9(12(13,14)15)2-3-10(8)11/h2-3,6-7H,4-5H2,1H3/t11-/m1/s1. The predicted octanol–water partition coefficient (Wildman–Crippen LogP) is 3.11. The van der Waals surface area contributed by atoms with Gasteiger partial charge in [-0.2, -0.15) is 13.2 Å². The van der Waals surface area contributed by atoms with Crippen LogP contribution in [0.15, 0.2) is 18.2 Å². The molecule has 0 heterocycles. The number of aryl methyl sites for hydroxylation is 1. The molecule has 0 aromatic heterocycles. The highest BCUT2D eigenvalue weighted by atomic mass is 19.4. The van der Waals surface area contributed by atoms with Crippen LogP contribution in [0.5, 0.6) is 0 Å². The number of rotatable bonds is 1. The van der Waals surface area contributed by atoms with E-state index in [1.807, 2.05) is 0 Å². The van der Waals surface area contributed by atoms with Crippen molar-refractivity contribution in [3.05, 3.63) is 34.9 Å². The van der Waals surface area contributed by atoms with Gasteiger partial charge in [-0.3, -0.25) is 0 Å². The lowest BCUT2D eigenvalue weighted by Crippen LogP contribution is -2.19. The lowest BCUT2D eigenvalue weighted by atomic mass is 9.85. The van der Waals surface area contributed by atoms with Gasteiger partial charge in [0.05, 0.1) is 5.56 Å².